The molecule has 0 radical (unpaired) electrons. The standard InChI is InChI=1S/C13H17BrN2O2/c14-11-2-1-5-15-12(11)10-16-6-3-13(4-7-16)17-8-9-18-13/h1-2,5H,3-4,6-10H2. The fraction of sp³-hybridized carbons (Fsp3) is 0.615. The van der Waals surface area contributed by atoms with Crippen molar-refractivity contribution in [3.63, 3.8) is 0 Å². The van der Waals surface area contributed by atoms with Crippen LogP contribution >= 0.6 is 15.9 Å². The predicted molar refractivity (Wildman–Crippen MR) is 71.1 cm³/mol. The van der Waals surface area contributed by atoms with E-state index in [2.05, 4.69) is 25.8 Å². The van der Waals surface area contributed by atoms with Crippen LogP contribution in [0.15, 0.2) is 22.8 Å². The third kappa shape index (κ3) is 2.59. The molecule has 0 saturated carbocycles. The Morgan fingerprint density at radius 2 is 2.00 bits per heavy atom. The van der Waals surface area contributed by atoms with Gasteiger partial charge in [-0.2, -0.15) is 0 Å². The molecule has 1 spiro atoms. The first-order chi connectivity index (χ1) is 8.77. The summed E-state index contributed by atoms with van der Waals surface area (Å²) in [4.78, 5) is 6.82. The van der Waals surface area contributed by atoms with Gasteiger partial charge in [-0.05, 0) is 28.1 Å². The first-order valence-corrected chi connectivity index (χ1v) is 7.16. The first kappa shape index (κ1) is 12.5. The van der Waals surface area contributed by atoms with E-state index >= 15 is 0 Å². The Hall–Kier alpha value is -0.490. The molecule has 98 valence electrons. The minimum Gasteiger partial charge on any atom is -0.347 e. The van der Waals surface area contributed by atoms with Crippen LogP contribution in [0.3, 0.4) is 0 Å². The van der Waals surface area contributed by atoms with Crippen molar-refractivity contribution in [2.24, 2.45) is 0 Å². The van der Waals surface area contributed by atoms with Crippen molar-refractivity contribution in [1.29, 1.82) is 0 Å². The van der Waals surface area contributed by atoms with Crippen molar-refractivity contribution in [3.05, 3.63) is 28.5 Å². The molecule has 2 saturated heterocycles. The van der Waals surface area contributed by atoms with Crippen molar-refractivity contribution in [1.82, 2.24) is 9.88 Å². The summed E-state index contributed by atoms with van der Waals surface area (Å²) in [6.07, 6.45) is 3.75. The van der Waals surface area contributed by atoms with Crippen molar-refractivity contribution in [2.75, 3.05) is 26.3 Å². The average molecular weight is 313 g/mol. The van der Waals surface area contributed by atoms with Crippen molar-refractivity contribution < 1.29 is 9.47 Å². The molecule has 0 amide bonds. The normalized spacial score (nSPS) is 23.6. The first-order valence-electron chi connectivity index (χ1n) is 6.37. The smallest absolute Gasteiger partial charge is 0.170 e. The molecule has 3 heterocycles. The van der Waals surface area contributed by atoms with E-state index in [4.69, 9.17) is 9.47 Å². The second-order valence-electron chi connectivity index (χ2n) is 4.82. The monoisotopic (exact) mass is 312 g/mol. The maximum atomic E-state index is 5.73. The van der Waals surface area contributed by atoms with E-state index in [-0.39, 0.29) is 5.79 Å². The van der Waals surface area contributed by atoms with E-state index in [1.807, 2.05) is 18.3 Å². The van der Waals surface area contributed by atoms with Crippen LogP contribution in [0.1, 0.15) is 18.5 Å². The topological polar surface area (TPSA) is 34.6 Å². The maximum Gasteiger partial charge on any atom is 0.170 e. The highest BCUT2D eigenvalue weighted by molar-refractivity contribution is 9.10. The molecule has 0 N–H and O–H groups in total. The number of hydrogen-bond acceptors (Lipinski definition) is 4. The lowest BCUT2D eigenvalue weighted by molar-refractivity contribution is -0.185. The van der Waals surface area contributed by atoms with Gasteiger partial charge < -0.3 is 9.47 Å². The number of halogens is 1. The van der Waals surface area contributed by atoms with E-state index in [0.717, 1.165) is 55.9 Å². The molecule has 1 aromatic heterocycles. The van der Waals surface area contributed by atoms with Crippen LogP contribution in [-0.4, -0.2) is 42.0 Å². The van der Waals surface area contributed by atoms with Crippen LogP contribution in [0, 0.1) is 0 Å². The minimum absolute atomic E-state index is 0.280. The third-order valence-corrected chi connectivity index (χ3v) is 4.36. The third-order valence-electron chi connectivity index (χ3n) is 3.64. The van der Waals surface area contributed by atoms with Crippen molar-refractivity contribution >= 4 is 15.9 Å². The van der Waals surface area contributed by atoms with Gasteiger partial charge in [-0.1, -0.05) is 0 Å². The Morgan fingerprint density at radius 1 is 1.28 bits per heavy atom. The van der Waals surface area contributed by atoms with Gasteiger partial charge in [0.2, 0.25) is 0 Å². The van der Waals surface area contributed by atoms with Crippen molar-refractivity contribution in [3.8, 4) is 0 Å². The molecule has 2 aliphatic rings. The second-order valence-corrected chi connectivity index (χ2v) is 5.67. The number of ether oxygens (including phenoxy) is 2. The van der Waals surface area contributed by atoms with Crippen LogP contribution in [0.5, 0.6) is 0 Å². The molecule has 4 nitrogen and oxygen atoms in total. The van der Waals surface area contributed by atoms with Crippen molar-refractivity contribution in [2.45, 2.75) is 25.2 Å². The molecule has 0 bridgehead atoms. The summed E-state index contributed by atoms with van der Waals surface area (Å²) in [5.74, 6) is -0.280. The highest BCUT2D eigenvalue weighted by Gasteiger charge is 2.39. The Kier molecular flexibility index (Phi) is 3.66. The number of aromatic nitrogens is 1. The number of likely N-dealkylation sites (tertiary alicyclic amines) is 1. The van der Waals surface area contributed by atoms with Gasteiger partial charge in [0.05, 0.1) is 18.9 Å². The van der Waals surface area contributed by atoms with Crippen LogP contribution in [0.25, 0.3) is 0 Å². The van der Waals surface area contributed by atoms with Gasteiger partial charge in [0.1, 0.15) is 0 Å². The van der Waals surface area contributed by atoms with Crippen LogP contribution in [0.4, 0.5) is 0 Å². The Morgan fingerprint density at radius 3 is 2.67 bits per heavy atom. The number of nitrogens with zero attached hydrogens (tertiary/aromatic N) is 2. The van der Waals surface area contributed by atoms with E-state index in [9.17, 15) is 0 Å². The average Bonchev–Trinajstić information content (AvgIpc) is 2.84. The quantitative estimate of drug-likeness (QED) is 0.838. The van der Waals surface area contributed by atoms with Crippen LogP contribution < -0.4 is 0 Å². The molecule has 0 aliphatic carbocycles. The molecule has 2 fully saturated rings. The summed E-state index contributed by atoms with van der Waals surface area (Å²) in [5.41, 5.74) is 1.10. The zero-order chi connectivity index (χ0) is 12.4. The molecule has 0 atom stereocenters. The maximum absolute atomic E-state index is 5.73. The summed E-state index contributed by atoms with van der Waals surface area (Å²) < 4.78 is 12.5. The SMILES string of the molecule is Brc1cccnc1CN1CCC2(CC1)OCCO2. The minimum atomic E-state index is -0.280. The predicted octanol–water partition coefficient (Wildman–Crippen LogP) is 2.18. The summed E-state index contributed by atoms with van der Waals surface area (Å²) in [6, 6.07) is 3.98. The molecule has 2 aliphatic heterocycles. The van der Waals surface area contributed by atoms with E-state index < -0.39 is 0 Å². The van der Waals surface area contributed by atoms with Gasteiger partial charge >= 0.3 is 0 Å². The molecule has 5 heteroatoms. The highest BCUT2D eigenvalue weighted by atomic mass is 79.9. The second kappa shape index (κ2) is 5.25. The molecule has 0 aromatic carbocycles. The number of piperidine rings is 1. The molecular formula is C13H17BrN2O2. The zero-order valence-electron chi connectivity index (χ0n) is 10.3. The van der Waals surface area contributed by atoms with Gasteiger partial charge in [-0.15, -0.1) is 0 Å². The van der Waals surface area contributed by atoms with Gasteiger partial charge in [0.15, 0.2) is 5.79 Å². The largest absolute Gasteiger partial charge is 0.347 e. The summed E-state index contributed by atoms with van der Waals surface area (Å²) >= 11 is 3.54. The Bertz CT molecular complexity index is 411. The van der Waals surface area contributed by atoms with Crippen LogP contribution in [0.2, 0.25) is 0 Å². The highest BCUT2D eigenvalue weighted by Crippen LogP contribution is 2.31. The number of pyridine rings is 1. The molecule has 3 rings (SSSR count). The van der Waals surface area contributed by atoms with E-state index in [1.165, 1.54) is 0 Å². The number of hydrogen-bond donors (Lipinski definition) is 0. The molecule has 0 unspecified atom stereocenters. The fourth-order valence-corrected chi connectivity index (χ4v) is 2.96. The molecular weight excluding hydrogens is 296 g/mol. The summed E-state index contributed by atoms with van der Waals surface area (Å²) in [5, 5.41) is 0. The summed E-state index contributed by atoms with van der Waals surface area (Å²) in [7, 11) is 0. The Balaban J connectivity index is 1.59. The summed E-state index contributed by atoms with van der Waals surface area (Å²) in [6.45, 7) is 4.38. The van der Waals surface area contributed by atoms with Crippen LogP contribution in [-0.2, 0) is 16.0 Å². The molecule has 1 aromatic rings. The van der Waals surface area contributed by atoms with E-state index in [0.29, 0.717) is 0 Å². The van der Waals surface area contributed by atoms with Gasteiger partial charge in [-0.25, -0.2) is 0 Å². The van der Waals surface area contributed by atoms with Gasteiger partial charge in [0.25, 0.3) is 0 Å². The lowest BCUT2D eigenvalue weighted by Gasteiger charge is -2.37. The van der Waals surface area contributed by atoms with E-state index in [1.54, 1.807) is 0 Å². The Labute approximate surface area is 115 Å². The fourth-order valence-electron chi connectivity index (χ4n) is 2.58. The van der Waals surface area contributed by atoms with Gasteiger partial charge in [0, 0.05) is 43.1 Å². The molecule has 18 heavy (non-hydrogen) atoms. The number of rotatable bonds is 2. The van der Waals surface area contributed by atoms with Gasteiger partial charge in [-0.3, -0.25) is 9.88 Å². The zero-order valence-corrected chi connectivity index (χ0v) is 11.9. The lowest BCUT2D eigenvalue weighted by Crippen LogP contribution is -2.44. The lowest BCUT2D eigenvalue weighted by atomic mass is 10.0.